The Morgan fingerprint density at radius 1 is 1.25 bits per heavy atom. The third-order valence-electron chi connectivity index (χ3n) is 3.74. The smallest absolute Gasteiger partial charge is 0.203 e. The van der Waals surface area contributed by atoms with Crippen LogP contribution in [0.3, 0.4) is 0 Å². The minimum Gasteiger partial charge on any atom is -0.369 e. The van der Waals surface area contributed by atoms with Crippen LogP contribution in [0.4, 0.5) is 5.95 Å². The minimum absolute atomic E-state index is 0.127. The van der Waals surface area contributed by atoms with E-state index in [1.54, 1.807) is 0 Å². The van der Waals surface area contributed by atoms with Crippen LogP contribution in [0, 0.1) is 6.92 Å². The lowest BCUT2D eigenvalue weighted by atomic mass is 10.1. The summed E-state index contributed by atoms with van der Waals surface area (Å²) < 4.78 is 4.03. The van der Waals surface area contributed by atoms with Crippen molar-refractivity contribution in [2.75, 3.05) is 5.73 Å². The Hall–Kier alpha value is -2.30. The molecule has 20 heavy (non-hydrogen) atoms. The lowest BCUT2D eigenvalue weighted by Crippen LogP contribution is -2.13. The topological polar surface area (TPSA) is 61.7 Å². The average Bonchev–Trinajstić information content (AvgIpc) is 2.96. The Morgan fingerprint density at radius 2 is 1.95 bits per heavy atom. The molecule has 0 fully saturated rings. The molecule has 2 N–H and O–H groups in total. The molecule has 5 nitrogen and oxygen atoms in total. The zero-order chi connectivity index (χ0) is 14.3. The molecule has 1 aromatic carbocycles. The van der Waals surface area contributed by atoms with Crippen molar-refractivity contribution in [3.05, 3.63) is 41.6 Å². The van der Waals surface area contributed by atoms with Crippen molar-refractivity contribution in [1.82, 2.24) is 19.3 Å². The molecule has 0 aliphatic rings. The zero-order valence-corrected chi connectivity index (χ0v) is 12.0. The molecule has 2 heterocycles. The van der Waals surface area contributed by atoms with Crippen molar-refractivity contribution < 1.29 is 0 Å². The summed E-state index contributed by atoms with van der Waals surface area (Å²) in [4.78, 5) is 4.49. The minimum atomic E-state index is 0.127. The summed E-state index contributed by atoms with van der Waals surface area (Å²) in [6.07, 6.45) is 0. The summed E-state index contributed by atoms with van der Waals surface area (Å²) in [5, 5.41) is 4.52. The largest absolute Gasteiger partial charge is 0.369 e. The maximum atomic E-state index is 6.14. The zero-order valence-electron chi connectivity index (χ0n) is 12.0. The van der Waals surface area contributed by atoms with Crippen molar-refractivity contribution in [3.63, 3.8) is 0 Å². The van der Waals surface area contributed by atoms with Gasteiger partial charge in [-0.05, 0) is 26.3 Å². The maximum Gasteiger partial charge on any atom is 0.203 e. The van der Waals surface area contributed by atoms with E-state index in [2.05, 4.69) is 40.6 Å². The van der Waals surface area contributed by atoms with Crippen LogP contribution in [-0.2, 0) is 6.54 Å². The second-order valence-corrected chi connectivity index (χ2v) is 5.00. The molecule has 0 saturated carbocycles. The van der Waals surface area contributed by atoms with E-state index >= 15 is 0 Å². The number of nitrogens with two attached hydrogens (primary N) is 1. The summed E-state index contributed by atoms with van der Waals surface area (Å²) >= 11 is 0. The highest BCUT2D eigenvalue weighted by Crippen LogP contribution is 2.28. The molecule has 104 valence electrons. The van der Waals surface area contributed by atoms with Crippen LogP contribution in [0.15, 0.2) is 30.3 Å². The summed E-state index contributed by atoms with van der Waals surface area (Å²) in [6, 6.07) is 10.4. The fourth-order valence-electron chi connectivity index (χ4n) is 2.69. The number of anilines is 1. The fourth-order valence-corrected chi connectivity index (χ4v) is 2.69. The number of hydrogen-bond acceptors (Lipinski definition) is 3. The van der Waals surface area contributed by atoms with Crippen LogP contribution in [0.5, 0.6) is 0 Å². The van der Waals surface area contributed by atoms with Crippen LogP contribution in [-0.4, -0.2) is 19.3 Å². The van der Waals surface area contributed by atoms with Gasteiger partial charge in [0.1, 0.15) is 5.52 Å². The number of hydrogen-bond donors (Lipinski definition) is 1. The van der Waals surface area contributed by atoms with Crippen LogP contribution < -0.4 is 5.73 Å². The molecule has 0 amide bonds. The van der Waals surface area contributed by atoms with Gasteiger partial charge in [-0.3, -0.25) is 4.57 Å². The Bertz CT molecular complexity index is 739. The lowest BCUT2D eigenvalue weighted by Gasteiger charge is -2.16. The summed E-state index contributed by atoms with van der Waals surface area (Å²) in [6.45, 7) is 6.98. The number of aryl methyl sites for hydroxylation is 2. The van der Waals surface area contributed by atoms with E-state index in [1.165, 1.54) is 5.56 Å². The van der Waals surface area contributed by atoms with Gasteiger partial charge in [0.05, 0.1) is 11.7 Å². The van der Waals surface area contributed by atoms with Crippen molar-refractivity contribution in [1.29, 1.82) is 0 Å². The van der Waals surface area contributed by atoms with Gasteiger partial charge >= 0.3 is 0 Å². The first-order chi connectivity index (χ1) is 9.63. The quantitative estimate of drug-likeness (QED) is 0.795. The number of nitrogens with zero attached hydrogens (tertiary/aromatic N) is 4. The number of fused-ring (bicyclic) bond motifs is 1. The van der Waals surface area contributed by atoms with E-state index in [9.17, 15) is 0 Å². The second kappa shape index (κ2) is 4.67. The van der Waals surface area contributed by atoms with Gasteiger partial charge in [0.2, 0.25) is 5.95 Å². The molecular formula is C15H19N5. The van der Waals surface area contributed by atoms with E-state index in [4.69, 9.17) is 5.73 Å². The van der Waals surface area contributed by atoms with Crippen molar-refractivity contribution in [2.45, 2.75) is 33.4 Å². The standard InChI is InChI=1S/C15H19N5/c1-4-19-14-13(10(2)18-19)17-15(16)20(14)11(3)12-8-6-5-7-9-12/h5-9,11H,4H2,1-3H3,(H2,16,17). The molecule has 5 heteroatoms. The summed E-state index contributed by atoms with van der Waals surface area (Å²) in [5.41, 5.74) is 10.2. The van der Waals surface area contributed by atoms with Crippen molar-refractivity contribution >= 4 is 17.1 Å². The van der Waals surface area contributed by atoms with Gasteiger partial charge in [-0.15, -0.1) is 0 Å². The van der Waals surface area contributed by atoms with Gasteiger partial charge in [0, 0.05) is 6.54 Å². The van der Waals surface area contributed by atoms with Gasteiger partial charge in [0.25, 0.3) is 0 Å². The second-order valence-electron chi connectivity index (χ2n) is 5.00. The molecule has 3 aromatic rings. The monoisotopic (exact) mass is 269 g/mol. The van der Waals surface area contributed by atoms with Crippen LogP contribution in [0.2, 0.25) is 0 Å². The molecule has 1 atom stereocenters. The predicted octanol–water partition coefficient (Wildman–Crippen LogP) is 2.75. The molecular weight excluding hydrogens is 250 g/mol. The van der Waals surface area contributed by atoms with E-state index in [-0.39, 0.29) is 6.04 Å². The highest BCUT2D eigenvalue weighted by Gasteiger charge is 2.20. The Labute approximate surface area is 118 Å². The van der Waals surface area contributed by atoms with Gasteiger partial charge < -0.3 is 5.73 Å². The molecule has 1 unspecified atom stereocenters. The first-order valence-corrected chi connectivity index (χ1v) is 6.89. The number of benzene rings is 1. The van der Waals surface area contributed by atoms with E-state index in [1.807, 2.05) is 29.8 Å². The molecule has 0 spiro atoms. The molecule has 0 radical (unpaired) electrons. The number of aromatic nitrogens is 4. The highest BCUT2D eigenvalue weighted by molar-refractivity contribution is 5.78. The van der Waals surface area contributed by atoms with Gasteiger partial charge in [-0.1, -0.05) is 30.3 Å². The van der Waals surface area contributed by atoms with Gasteiger partial charge in [-0.2, -0.15) is 5.10 Å². The van der Waals surface area contributed by atoms with Crippen LogP contribution in [0.1, 0.15) is 31.1 Å². The normalized spacial score (nSPS) is 12.9. The first kappa shape index (κ1) is 12.7. The first-order valence-electron chi connectivity index (χ1n) is 6.89. The van der Waals surface area contributed by atoms with Crippen LogP contribution in [0.25, 0.3) is 11.2 Å². The molecule has 0 bridgehead atoms. The summed E-state index contributed by atoms with van der Waals surface area (Å²) in [7, 11) is 0. The predicted molar refractivity (Wildman–Crippen MR) is 80.6 cm³/mol. The third-order valence-corrected chi connectivity index (χ3v) is 3.74. The average molecular weight is 269 g/mol. The lowest BCUT2D eigenvalue weighted by molar-refractivity contribution is 0.607. The van der Waals surface area contributed by atoms with E-state index < -0.39 is 0 Å². The van der Waals surface area contributed by atoms with Crippen molar-refractivity contribution in [3.8, 4) is 0 Å². The van der Waals surface area contributed by atoms with Gasteiger partial charge in [0.15, 0.2) is 5.65 Å². The molecule has 0 aliphatic heterocycles. The number of imidazole rings is 1. The van der Waals surface area contributed by atoms with Crippen LogP contribution >= 0.6 is 0 Å². The number of nitrogen functional groups attached to an aromatic ring is 1. The maximum absolute atomic E-state index is 6.14. The van der Waals surface area contributed by atoms with Gasteiger partial charge in [-0.25, -0.2) is 9.67 Å². The molecule has 2 aromatic heterocycles. The SMILES string of the molecule is CCn1nc(C)c2nc(N)n(C(C)c3ccccc3)c21. The summed E-state index contributed by atoms with van der Waals surface area (Å²) in [5.74, 6) is 0.541. The molecule has 0 aliphatic carbocycles. The highest BCUT2D eigenvalue weighted by atomic mass is 15.4. The number of rotatable bonds is 3. The molecule has 3 rings (SSSR count). The van der Waals surface area contributed by atoms with E-state index in [0.717, 1.165) is 23.4 Å². The third kappa shape index (κ3) is 1.78. The Balaban J connectivity index is 2.23. The van der Waals surface area contributed by atoms with Crippen molar-refractivity contribution in [2.24, 2.45) is 0 Å². The Morgan fingerprint density at radius 3 is 2.60 bits per heavy atom. The fraction of sp³-hybridized carbons (Fsp3) is 0.333. The molecule has 0 saturated heterocycles. The van der Waals surface area contributed by atoms with E-state index in [0.29, 0.717) is 5.95 Å². The Kier molecular flexibility index (Phi) is 2.97.